The van der Waals surface area contributed by atoms with Crippen molar-refractivity contribution in [2.75, 3.05) is 0 Å². The molecule has 0 aliphatic rings. The Hall–Kier alpha value is -4.07. The van der Waals surface area contributed by atoms with Gasteiger partial charge in [0.25, 0.3) is 5.89 Å². The second-order valence-corrected chi connectivity index (χ2v) is 7.79. The summed E-state index contributed by atoms with van der Waals surface area (Å²) in [6, 6.07) is 15.9. The van der Waals surface area contributed by atoms with Crippen LogP contribution in [0.15, 0.2) is 57.5 Å². The Kier molecular flexibility index (Phi) is 4.89. The molecular formula is C24H22N6O2. The van der Waals surface area contributed by atoms with Crippen molar-refractivity contribution in [2.24, 2.45) is 0 Å². The molecule has 3 aromatic heterocycles. The van der Waals surface area contributed by atoms with Crippen LogP contribution in [0.1, 0.15) is 28.3 Å². The number of oxazole rings is 1. The summed E-state index contributed by atoms with van der Waals surface area (Å²) in [5.41, 5.74) is 6.39. The minimum Gasteiger partial charge on any atom is -0.441 e. The molecule has 0 spiro atoms. The summed E-state index contributed by atoms with van der Waals surface area (Å²) in [4.78, 5) is 9.19. The van der Waals surface area contributed by atoms with Crippen molar-refractivity contribution < 1.29 is 8.94 Å². The molecule has 0 unspecified atom stereocenters. The van der Waals surface area contributed by atoms with Crippen LogP contribution >= 0.6 is 0 Å². The molecule has 3 heterocycles. The average molecular weight is 426 g/mol. The Morgan fingerprint density at radius 1 is 0.844 bits per heavy atom. The Bertz CT molecular complexity index is 1400. The molecule has 160 valence electrons. The highest BCUT2D eigenvalue weighted by atomic mass is 16.5. The monoisotopic (exact) mass is 426 g/mol. The van der Waals surface area contributed by atoms with Gasteiger partial charge in [-0.15, -0.1) is 5.10 Å². The van der Waals surface area contributed by atoms with E-state index in [1.807, 2.05) is 62.4 Å². The third kappa shape index (κ3) is 3.60. The molecule has 0 aliphatic heterocycles. The molecule has 0 saturated carbocycles. The van der Waals surface area contributed by atoms with Gasteiger partial charge in [-0.25, -0.2) is 9.67 Å². The van der Waals surface area contributed by atoms with E-state index in [0.29, 0.717) is 29.8 Å². The van der Waals surface area contributed by atoms with E-state index in [1.165, 1.54) is 11.1 Å². The van der Waals surface area contributed by atoms with Gasteiger partial charge in [0, 0.05) is 11.1 Å². The van der Waals surface area contributed by atoms with E-state index in [9.17, 15) is 0 Å². The van der Waals surface area contributed by atoms with Gasteiger partial charge in [-0.2, -0.15) is 4.98 Å². The first-order valence-corrected chi connectivity index (χ1v) is 10.3. The molecule has 0 aliphatic carbocycles. The molecule has 5 aromatic rings. The van der Waals surface area contributed by atoms with Crippen molar-refractivity contribution in [1.82, 2.24) is 30.1 Å². The molecule has 8 nitrogen and oxygen atoms in total. The minimum atomic E-state index is 0.337. The van der Waals surface area contributed by atoms with Crippen LogP contribution in [-0.4, -0.2) is 30.1 Å². The molecule has 0 bridgehead atoms. The maximum atomic E-state index is 5.86. The maximum absolute atomic E-state index is 5.86. The SMILES string of the molecule is Cc1ccc(-c2noc(-c3nnn(Cc4nc(-c5ccccc5)oc4C)c3C)n2)cc1C. The third-order valence-corrected chi connectivity index (χ3v) is 5.59. The van der Waals surface area contributed by atoms with Crippen LogP contribution in [-0.2, 0) is 6.54 Å². The number of benzene rings is 2. The molecular weight excluding hydrogens is 404 g/mol. The summed E-state index contributed by atoms with van der Waals surface area (Å²) < 4.78 is 13.1. The first-order valence-electron chi connectivity index (χ1n) is 10.3. The highest BCUT2D eigenvalue weighted by Crippen LogP contribution is 2.26. The Morgan fingerprint density at radius 2 is 1.66 bits per heavy atom. The highest BCUT2D eigenvalue weighted by molar-refractivity contribution is 5.60. The van der Waals surface area contributed by atoms with Crippen molar-refractivity contribution in [3.05, 3.63) is 76.8 Å². The van der Waals surface area contributed by atoms with E-state index < -0.39 is 0 Å². The van der Waals surface area contributed by atoms with E-state index in [2.05, 4.69) is 39.3 Å². The first kappa shape index (κ1) is 19.9. The van der Waals surface area contributed by atoms with Gasteiger partial charge in [0.05, 0.1) is 12.2 Å². The summed E-state index contributed by atoms with van der Waals surface area (Å²) in [5, 5.41) is 12.7. The molecule has 0 radical (unpaired) electrons. The van der Waals surface area contributed by atoms with Crippen LogP contribution in [0.4, 0.5) is 0 Å². The van der Waals surface area contributed by atoms with Crippen LogP contribution in [0.2, 0.25) is 0 Å². The zero-order chi connectivity index (χ0) is 22.2. The lowest BCUT2D eigenvalue weighted by Gasteiger charge is -2.01. The second-order valence-electron chi connectivity index (χ2n) is 7.79. The first-order chi connectivity index (χ1) is 15.5. The van der Waals surface area contributed by atoms with Gasteiger partial charge in [-0.1, -0.05) is 40.7 Å². The largest absolute Gasteiger partial charge is 0.441 e. The van der Waals surface area contributed by atoms with E-state index in [4.69, 9.17) is 8.94 Å². The lowest BCUT2D eigenvalue weighted by molar-refractivity contribution is 0.430. The number of hydrogen-bond donors (Lipinski definition) is 0. The Labute approximate surface area is 184 Å². The summed E-state index contributed by atoms with van der Waals surface area (Å²) in [6.07, 6.45) is 0. The number of nitrogens with zero attached hydrogens (tertiary/aromatic N) is 6. The molecule has 5 rings (SSSR count). The minimum absolute atomic E-state index is 0.337. The normalized spacial score (nSPS) is 11.2. The molecule has 8 heteroatoms. The molecule has 0 atom stereocenters. The van der Waals surface area contributed by atoms with Crippen LogP contribution < -0.4 is 0 Å². The summed E-state index contributed by atoms with van der Waals surface area (Å²) >= 11 is 0. The van der Waals surface area contributed by atoms with Gasteiger partial charge in [-0.05, 0) is 57.0 Å². The number of aromatic nitrogens is 6. The van der Waals surface area contributed by atoms with Crippen molar-refractivity contribution >= 4 is 0 Å². The van der Waals surface area contributed by atoms with E-state index in [1.54, 1.807) is 4.68 Å². The van der Waals surface area contributed by atoms with E-state index in [-0.39, 0.29) is 0 Å². The summed E-state index contributed by atoms with van der Waals surface area (Å²) in [5.74, 6) is 2.20. The summed E-state index contributed by atoms with van der Waals surface area (Å²) in [6.45, 7) is 8.38. The van der Waals surface area contributed by atoms with Crippen molar-refractivity contribution in [3.8, 4) is 34.4 Å². The van der Waals surface area contributed by atoms with Gasteiger partial charge in [-0.3, -0.25) is 0 Å². The topological polar surface area (TPSA) is 95.7 Å². The Morgan fingerprint density at radius 3 is 2.44 bits per heavy atom. The second kappa shape index (κ2) is 7.88. The third-order valence-electron chi connectivity index (χ3n) is 5.59. The van der Waals surface area contributed by atoms with Gasteiger partial charge >= 0.3 is 0 Å². The quantitative estimate of drug-likeness (QED) is 0.393. The van der Waals surface area contributed by atoms with Crippen LogP contribution in [0.25, 0.3) is 34.4 Å². The number of rotatable bonds is 5. The fourth-order valence-corrected chi connectivity index (χ4v) is 3.45. The lowest BCUT2D eigenvalue weighted by Crippen LogP contribution is -2.05. The number of aryl methyl sites for hydroxylation is 3. The van der Waals surface area contributed by atoms with Crippen LogP contribution in [0.3, 0.4) is 0 Å². The lowest BCUT2D eigenvalue weighted by atomic mass is 10.1. The molecule has 32 heavy (non-hydrogen) atoms. The molecule has 2 aromatic carbocycles. The van der Waals surface area contributed by atoms with E-state index in [0.717, 1.165) is 28.3 Å². The van der Waals surface area contributed by atoms with Crippen LogP contribution in [0, 0.1) is 27.7 Å². The maximum Gasteiger partial charge on any atom is 0.280 e. The van der Waals surface area contributed by atoms with Crippen molar-refractivity contribution in [2.45, 2.75) is 34.2 Å². The fraction of sp³-hybridized carbons (Fsp3) is 0.208. The molecule has 0 N–H and O–H groups in total. The Balaban J connectivity index is 1.41. The van der Waals surface area contributed by atoms with E-state index >= 15 is 0 Å². The fourth-order valence-electron chi connectivity index (χ4n) is 3.45. The zero-order valence-electron chi connectivity index (χ0n) is 18.3. The average Bonchev–Trinajstić information content (AvgIpc) is 3.51. The predicted octanol–water partition coefficient (Wildman–Crippen LogP) is 4.93. The van der Waals surface area contributed by atoms with Gasteiger partial charge in [0.15, 0.2) is 5.69 Å². The highest BCUT2D eigenvalue weighted by Gasteiger charge is 2.20. The van der Waals surface area contributed by atoms with Gasteiger partial charge < -0.3 is 8.94 Å². The zero-order valence-corrected chi connectivity index (χ0v) is 18.3. The number of hydrogen-bond acceptors (Lipinski definition) is 7. The van der Waals surface area contributed by atoms with Crippen molar-refractivity contribution in [3.63, 3.8) is 0 Å². The van der Waals surface area contributed by atoms with Crippen LogP contribution in [0.5, 0.6) is 0 Å². The predicted molar refractivity (Wildman–Crippen MR) is 119 cm³/mol. The van der Waals surface area contributed by atoms with Gasteiger partial charge in [0.1, 0.15) is 11.5 Å². The molecule has 0 fully saturated rings. The standard InChI is InChI=1S/C24H22N6O2/c1-14-10-11-19(12-15(14)2)22-26-24(32-28-22)21-16(3)30(29-27-21)13-20-17(4)31-23(25-20)18-8-6-5-7-9-18/h5-12H,13H2,1-4H3. The molecule has 0 amide bonds. The summed E-state index contributed by atoms with van der Waals surface area (Å²) in [7, 11) is 0. The molecule has 0 saturated heterocycles. The van der Waals surface area contributed by atoms with Crippen molar-refractivity contribution in [1.29, 1.82) is 0 Å². The van der Waals surface area contributed by atoms with Gasteiger partial charge in [0.2, 0.25) is 11.7 Å². The smallest absolute Gasteiger partial charge is 0.280 e.